The first-order chi connectivity index (χ1) is 19.2. The summed E-state index contributed by atoms with van der Waals surface area (Å²) in [4.78, 5) is 28.6. The van der Waals surface area contributed by atoms with Crippen LogP contribution in [0.3, 0.4) is 0 Å². The molecule has 11 heteroatoms. The fraction of sp³-hybridized carbons (Fsp3) is 0.276. The molecule has 1 saturated heterocycles. The molecule has 1 aliphatic heterocycles. The number of alkyl halides is 3. The van der Waals surface area contributed by atoms with Crippen LogP contribution in [-0.2, 0) is 12.7 Å². The summed E-state index contributed by atoms with van der Waals surface area (Å²) in [7, 11) is 0. The zero-order chi connectivity index (χ0) is 28.3. The van der Waals surface area contributed by atoms with Crippen LogP contribution in [-0.4, -0.2) is 63.4 Å². The average Bonchev–Trinajstić information content (AvgIpc) is 3.43. The SMILES string of the molecule is CCN1CCN(Cc2ccc(C(=O)Nc3cc(C#Cc4cnc5[nH]ccc5c4N)ccn3)cc2C(F)(F)F)CC1. The lowest BCUT2D eigenvalue weighted by Crippen LogP contribution is -2.45. The van der Waals surface area contributed by atoms with Crippen molar-refractivity contribution in [2.45, 2.75) is 19.6 Å². The first-order valence-electron chi connectivity index (χ1n) is 12.9. The number of nitrogen functional groups attached to an aromatic ring is 1. The predicted molar refractivity (Wildman–Crippen MR) is 148 cm³/mol. The Morgan fingerprint density at radius 3 is 2.60 bits per heavy atom. The number of fused-ring (bicyclic) bond motifs is 1. The largest absolute Gasteiger partial charge is 0.416 e. The van der Waals surface area contributed by atoms with Gasteiger partial charge in [-0.2, -0.15) is 13.2 Å². The van der Waals surface area contributed by atoms with Crippen molar-refractivity contribution in [2.75, 3.05) is 43.8 Å². The third-order valence-electron chi connectivity index (χ3n) is 6.95. The van der Waals surface area contributed by atoms with Crippen LogP contribution in [0.4, 0.5) is 24.7 Å². The number of hydrogen-bond acceptors (Lipinski definition) is 6. The molecule has 40 heavy (non-hydrogen) atoms. The Bertz CT molecular complexity index is 1590. The number of halogens is 3. The number of aromatic nitrogens is 3. The Balaban J connectivity index is 1.31. The van der Waals surface area contributed by atoms with Crippen molar-refractivity contribution < 1.29 is 18.0 Å². The van der Waals surface area contributed by atoms with Crippen molar-refractivity contribution in [1.29, 1.82) is 0 Å². The van der Waals surface area contributed by atoms with Gasteiger partial charge < -0.3 is 20.9 Å². The number of rotatable bonds is 5. The number of aromatic amines is 1. The number of carbonyl (C=O) groups is 1. The van der Waals surface area contributed by atoms with Crippen LogP contribution < -0.4 is 11.1 Å². The predicted octanol–water partition coefficient (Wildman–Crippen LogP) is 4.35. The van der Waals surface area contributed by atoms with E-state index >= 15 is 0 Å². The van der Waals surface area contributed by atoms with Crippen molar-refractivity contribution in [3.05, 3.63) is 82.8 Å². The zero-order valence-electron chi connectivity index (χ0n) is 21.8. The van der Waals surface area contributed by atoms with Gasteiger partial charge in [-0.3, -0.25) is 9.69 Å². The molecule has 0 saturated carbocycles. The molecule has 0 unspecified atom stereocenters. The zero-order valence-corrected chi connectivity index (χ0v) is 21.8. The summed E-state index contributed by atoms with van der Waals surface area (Å²) in [6.45, 7) is 6.20. The molecule has 0 atom stereocenters. The number of anilines is 2. The van der Waals surface area contributed by atoms with Gasteiger partial charge in [-0.05, 0) is 42.4 Å². The van der Waals surface area contributed by atoms with Gasteiger partial charge in [-0.1, -0.05) is 24.8 Å². The van der Waals surface area contributed by atoms with Gasteiger partial charge in [0, 0.05) is 67.8 Å². The summed E-state index contributed by atoms with van der Waals surface area (Å²) in [5, 5.41) is 3.34. The maximum Gasteiger partial charge on any atom is 0.416 e. The third kappa shape index (κ3) is 6.09. The van der Waals surface area contributed by atoms with Crippen LogP contribution in [0.15, 0.2) is 55.0 Å². The van der Waals surface area contributed by atoms with Gasteiger partial charge >= 0.3 is 6.18 Å². The van der Waals surface area contributed by atoms with Crippen molar-refractivity contribution in [2.24, 2.45) is 0 Å². The van der Waals surface area contributed by atoms with E-state index in [2.05, 4.69) is 43.9 Å². The van der Waals surface area contributed by atoms with Crippen molar-refractivity contribution in [3.63, 3.8) is 0 Å². The molecule has 4 aromatic rings. The highest BCUT2D eigenvalue weighted by molar-refractivity contribution is 6.04. The fourth-order valence-electron chi connectivity index (χ4n) is 4.66. The second-order valence-corrected chi connectivity index (χ2v) is 9.54. The molecule has 0 aliphatic carbocycles. The monoisotopic (exact) mass is 547 g/mol. The van der Waals surface area contributed by atoms with E-state index in [-0.39, 0.29) is 23.5 Å². The quantitative estimate of drug-likeness (QED) is 0.321. The van der Waals surface area contributed by atoms with Crippen LogP contribution in [0.25, 0.3) is 11.0 Å². The van der Waals surface area contributed by atoms with Gasteiger partial charge in [0.1, 0.15) is 11.5 Å². The Morgan fingerprint density at radius 2 is 1.85 bits per heavy atom. The van der Waals surface area contributed by atoms with Crippen LogP contribution >= 0.6 is 0 Å². The number of nitrogens with one attached hydrogen (secondary N) is 2. The van der Waals surface area contributed by atoms with Gasteiger partial charge in [-0.25, -0.2) is 9.97 Å². The molecule has 0 spiro atoms. The van der Waals surface area contributed by atoms with E-state index in [1.807, 2.05) is 11.0 Å². The van der Waals surface area contributed by atoms with Gasteiger partial charge in [0.25, 0.3) is 5.91 Å². The Labute approximate surface area is 229 Å². The van der Waals surface area contributed by atoms with Gasteiger partial charge in [0.05, 0.1) is 16.8 Å². The highest BCUT2D eigenvalue weighted by atomic mass is 19.4. The van der Waals surface area contributed by atoms with Crippen molar-refractivity contribution >= 4 is 28.4 Å². The Morgan fingerprint density at radius 1 is 1.07 bits per heavy atom. The van der Waals surface area contributed by atoms with Gasteiger partial charge in [0.2, 0.25) is 0 Å². The summed E-state index contributed by atoms with van der Waals surface area (Å²) in [5.74, 6) is 5.40. The molecule has 1 aromatic carbocycles. The molecule has 0 bridgehead atoms. The van der Waals surface area contributed by atoms with Crippen LogP contribution in [0, 0.1) is 11.8 Å². The van der Waals surface area contributed by atoms with E-state index in [1.54, 1.807) is 24.5 Å². The summed E-state index contributed by atoms with van der Waals surface area (Å²) < 4.78 is 41.9. The lowest BCUT2D eigenvalue weighted by molar-refractivity contribution is -0.138. The fourth-order valence-corrected chi connectivity index (χ4v) is 4.66. The second-order valence-electron chi connectivity index (χ2n) is 9.54. The number of amides is 1. The molecule has 1 aliphatic rings. The molecule has 4 N–H and O–H groups in total. The number of nitrogens with two attached hydrogens (primary N) is 1. The lowest BCUT2D eigenvalue weighted by Gasteiger charge is -2.34. The summed E-state index contributed by atoms with van der Waals surface area (Å²) in [6.07, 6.45) is 0.171. The van der Waals surface area contributed by atoms with Gasteiger partial charge in [-0.15, -0.1) is 0 Å². The number of piperazine rings is 1. The number of carbonyl (C=O) groups excluding carboxylic acids is 1. The number of likely N-dealkylation sites (N-methyl/N-ethyl adjacent to an activating group) is 1. The van der Waals surface area contributed by atoms with E-state index in [1.165, 1.54) is 18.3 Å². The molecule has 0 radical (unpaired) electrons. The number of nitrogens with zero attached hydrogens (tertiary/aromatic N) is 4. The summed E-state index contributed by atoms with van der Waals surface area (Å²) in [5.41, 5.74) is 7.65. The molecule has 5 rings (SSSR count). The number of H-pyrrole nitrogens is 1. The first-order valence-corrected chi connectivity index (χ1v) is 12.9. The minimum Gasteiger partial charge on any atom is -0.397 e. The molecule has 206 valence electrons. The molecule has 1 fully saturated rings. The summed E-state index contributed by atoms with van der Waals surface area (Å²) >= 11 is 0. The number of benzene rings is 1. The highest BCUT2D eigenvalue weighted by Gasteiger charge is 2.34. The van der Waals surface area contributed by atoms with E-state index in [4.69, 9.17) is 5.73 Å². The van der Waals surface area contributed by atoms with E-state index in [9.17, 15) is 18.0 Å². The lowest BCUT2D eigenvalue weighted by atomic mass is 10.0. The minimum atomic E-state index is -4.59. The highest BCUT2D eigenvalue weighted by Crippen LogP contribution is 2.33. The third-order valence-corrected chi connectivity index (χ3v) is 6.95. The smallest absolute Gasteiger partial charge is 0.397 e. The average molecular weight is 548 g/mol. The standard InChI is InChI=1S/C29H28F3N7O/c1-2-38-11-13-39(14-12-38)18-22-6-5-20(16-24(22)29(30,31)32)28(40)37-25-15-19(7-9-34-25)3-4-21-17-36-27-23(26(21)33)8-10-35-27/h5-10,15-17H,2,11-14,18H2,1H3,(H3,33,35,36)(H,34,37,40). The van der Waals surface area contributed by atoms with Crippen molar-refractivity contribution in [1.82, 2.24) is 24.8 Å². The topological polar surface area (TPSA) is 103 Å². The molecule has 3 aromatic heterocycles. The van der Waals surface area contributed by atoms with Crippen LogP contribution in [0.2, 0.25) is 0 Å². The normalized spacial score (nSPS) is 14.6. The minimum absolute atomic E-state index is 0.108. The molecule has 4 heterocycles. The van der Waals surface area contributed by atoms with Crippen LogP contribution in [0.1, 0.15) is 39.5 Å². The second kappa shape index (κ2) is 11.4. The van der Waals surface area contributed by atoms with E-state index in [0.717, 1.165) is 31.1 Å². The number of pyridine rings is 2. The Hall–Kier alpha value is -4.40. The maximum absolute atomic E-state index is 14.0. The Kier molecular flexibility index (Phi) is 7.73. The van der Waals surface area contributed by atoms with Gasteiger partial charge in [0.15, 0.2) is 0 Å². The van der Waals surface area contributed by atoms with E-state index in [0.29, 0.717) is 35.6 Å². The molecular formula is C29H28F3N7O. The number of hydrogen-bond donors (Lipinski definition) is 3. The molecule has 1 amide bonds. The first kappa shape index (κ1) is 27.2. The van der Waals surface area contributed by atoms with Crippen LogP contribution in [0.5, 0.6) is 0 Å². The molecule has 8 nitrogen and oxygen atoms in total. The maximum atomic E-state index is 14.0. The van der Waals surface area contributed by atoms with Crippen molar-refractivity contribution in [3.8, 4) is 11.8 Å². The molecular weight excluding hydrogens is 519 g/mol. The van der Waals surface area contributed by atoms with E-state index < -0.39 is 17.6 Å². The summed E-state index contributed by atoms with van der Waals surface area (Å²) in [6, 6.07) is 8.71.